The monoisotopic (exact) mass is 220 g/mol. The van der Waals surface area contributed by atoms with E-state index >= 15 is 0 Å². The second-order valence-electron chi connectivity index (χ2n) is 3.74. The summed E-state index contributed by atoms with van der Waals surface area (Å²) in [5.41, 5.74) is 2.22. The lowest BCUT2D eigenvalue weighted by Crippen LogP contribution is -1.93. The van der Waals surface area contributed by atoms with Gasteiger partial charge in [-0.3, -0.25) is 0 Å². The van der Waals surface area contributed by atoms with Crippen LogP contribution in [0.25, 0.3) is 6.08 Å². The van der Waals surface area contributed by atoms with Crippen molar-refractivity contribution in [3.8, 4) is 5.75 Å². The van der Waals surface area contributed by atoms with Crippen LogP contribution in [-0.4, -0.2) is 18.8 Å². The largest absolute Gasteiger partial charge is 0.496 e. The molecule has 0 saturated carbocycles. The second-order valence-corrected chi connectivity index (χ2v) is 3.74. The van der Waals surface area contributed by atoms with E-state index in [2.05, 4.69) is 25.1 Å². The van der Waals surface area contributed by atoms with Gasteiger partial charge in [0, 0.05) is 12.2 Å². The van der Waals surface area contributed by atoms with Crippen molar-refractivity contribution in [1.82, 2.24) is 0 Å². The van der Waals surface area contributed by atoms with Crippen LogP contribution in [0, 0.1) is 0 Å². The Labute approximate surface area is 97.6 Å². The first-order chi connectivity index (χ1) is 7.81. The van der Waals surface area contributed by atoms with E-state index in [1.807, 2.05) is 12.1 Å². The number of allylic oxidation sites excluding steroid dienone is 1. The fourth-order valence-electron chi connectivity index (χ4n) is 1.58. The molecule has 1 rings (SSSR count). The van der Waals surface area contributed by atoms with Gasteiger partial charge in [0.15, 0.2) is 0 Å². The molecule has 1 aromatic rings. The molecule has 1 N–H and O–H groups in total. The third-order valence-electron chi connectivity index (χ3n) is 2.45. The molecule has 0 saturated heterocycles. The number of benzene rings is 1. The predicted octanol–water partition coefficient (Wildman–Crippen LogP) is 3.04. The number of hydrogen-bond donors (Lipinski definition) is 1. The maximum atomic E-state index is 8.90. The van der Waals surface area contributed by atoms with E-state index < -0.39 is 0 Å². The van der Waals surface area contributed by atoms with Gasteiger partial charge in [0.1, 0.15) is 5.75 Å². The van der Waals surface area contributed by atoms with Crippen molar-refractivity contribution >= 4 is 6.08 Å². The van der Waals surface area contributed by atoms with Crippen LogP contribution in [0.4, 0.5) is 0 Å². The smallest absolute Gasteiger partial charge is 0.126 e. The van der Waals surface area contributed by atoms with Gasteiger partial charge in [-0.05, 0) is 30.5 Å². The van der Waals surface area contributed by atoms with E-state index in [4.69, 9.17) is 9.84 Å². The quantitative estimate of drug-likeness (QED) is 0.798. The average Bonchev–Trinajstić information content (AvgIpc) is 2.30. The van der Waals surface area contributed by atoms with Crippen LogP contribution in [0.1, 0.15) is 30.9 Å². The molecule has 0 aliphatic rings. The van der Waals surface area contributed by atoms with Gasteiger partial charge in [0.25, 0.3) is 0 Å². The Hall–Kier alpha value is -1.28. The number of aliphatic hydroxyl groups is 1. The molecule has 0 bridgehead atoms. The van der Waals surface area contributed by atoms with Crippen molar-refractivity contribution in [2.75, 3.05) is 13.7 Å². The Kier molecular flexibility index (Phi) is 5.65. The summed E-state index contributed by atoms with van der Waals surface area (Å²) in [5.74, 6) is 0.883. The molecule has 0 fully saturated rings. The number of methoxy groups -OCH3 is 1. The van der Waals surface area contributed by atoms with Gasteiger partial charge in [-0.1, -0.05) is 31.6 Å². The number of unbranched alkanes of at least 4 members (excludes halogenated alkanes) is 1. The number of rotatable bonds is 6. The summed E-state index contributed by atoms with van der Waals surface area (Å²) < 4.78 is 5.30. The van der Waals surface area contributed by atoms with Crippen molar-refractivity contribution in [3.63, 3.8) is 0 Å². The van der Waals surface area contributed by atoms with Crippen LogP contribution in [0.2, 0.25) is 0 Å². The summed E-state index contributed by atoms with van der Waals surface area (Å²) in [5, 5.41) is 8.90. The third-order valence-corrected chi connectivity index (χ3v) is 2.45. The van der Waals surface area contributed by atoms with Crippen LogP contribution in [-0.2, 0) is 6.42 Å². The lowest BCUT2D eigenvalue weighted by atomic mass is 10.1. The molecule has 0 aromatic heterocycles. The van der Waals surface area contributed by atoms with Crippen molar-refractivity contribution in [1.29, 1.82) is 0 Å². The molecule has 2 nitrogen and oxygen atoms in total. The van der Waals surface area contributed by atoms with Crippen LogP contribution < -0.4 is 4.74 Å². The molecule has 0 radical (unpaired) electrons. The zero-order valence-electron chi connectivity index (χ0n) is 10.1. The summed E-state index contributed by atoms with van der Waals surface area (Å²) in [6.07, 6.45) is 7.16. The normalized spacial score (nSPS) is 10.9. The van der Waals surface area contributed by atoms with Gasteiger partial charge < -0.3 is 9.84 Å². The van der Waals surface area contributed by atoms with E-state index in [9.17, 15) is 0 Å². The molecular formula is C14H20O2. The van der Waals surface area contributed by atoms with E-state index in [0.29, 0.717) is 6.42 Å². The highest BCUT2D eigenvalue weighted by atomic mass is 16.5. The highest BCUT2D eigenvalue weighted by molar-refractivity contribution is 5.58. The summed E-state index contributed by atoms with van der Waals surface area (Å²) in [6, 6.07) is 6.02. The average molecular weight is 220 g/mol. The fraction of sp³-hybridized carbons (Fsp3) is 0.429. The van der Waals surface area contributed by atoms with Gasteiger partial charge in [-0.25, -0.2) is 0 Å². The minimum Gasteiger partial charge on any atom is -0.496 e. The Bertz CT molecular complexity index is 343. The summed E-state index contributed by atoms with van der Waals surface area (Å²) in [6.45, 7) is 2.34. The van der Waals surface area contributed by atoms with Gasteiger partial charge in [-0.2, -0.15) is 0 Å². The maximum Gasteiger partial charge on any atom is 0.126 e. The second kappa shape index (κ2) is 7.07. The SMILES string of the molecule is CCCC=Cc1cc(CCO)ccc1OC. The molecule has 0 aliphatic heterocycles. The zero-order valence-corrected chi connectivity index (χ0v) is 10.1. The van der Waals surface area contributed by atoms with E-state index in [0.717, 1.165) is 29.7 Å². The number of ether oxygens (including phenoxy) is 1. The Morgan fingerprint density at radius 2 is 2.19 bits per heavy atom. The lowest BCUT2D eigenvalue weighted by Gasteiger charge is -2.07. The molecule has 0 aliphatic carbocycles. The van der Waals surface area contributed by atoms with Crippen LogP contribution in [0.5, 0.6) is 5.75 Å². The molecular weight excluding hydrogens is 200 g/mol. The Morgan fingerprint density at radius 3 is 2.81 bits per heavy atom. The molecule has 0 amide bonds. The third kappa shape index (κ3) is 3.70. The molecule has 0 atom stereocenters. The Morgan fingerprint density at radius 1 is 1.38 bits per heavy atom. The fourth-order valence-corrected chi connectivity index (χ4v) is 1.58. The molecule has 0 spiro atoms. The zero-order chi connectivity index (χ0) is 11.8. The predicted molar refractivity (Wildman–Crippen MR) is 67.7 cm³/mol. The van der Waals surface area contributed by atoms with Crippen LogP contribution >= 0.6 is 0 Å². The van der Waals surface area contributed by atoms with E-state index in [-0.39, 0.29) is 6.61 Å². The van der Waals surface area contributed by atoms with Gasteiger partial charge >= 0.3 is 0 Å². The molecule has 16 heavy (non-hydrogen) atoms. The van der Waals surface area contributed by atoms with Gasteiger partial charge in [0.2, 0.25) is 0 Å². The standard InChI is InChI=1S/C14H20O2/c1-3-4-5-6-13-11-12(9-10-15)7-8-14(13)16-2/h5-8,11,15H,3-4,9-10H2,1-2H3. The first-order valence-electron chi connectivity index (χ1n) is 5.76. The number of hydrogen-bond acceptors (Lipinski definition) is 2. The molecule has 0 heterocycles. The van der Waals surface area contributed by atoms with Gasteiger partial charge in [0.05, 0.1) is 7.11 Å². The molecule has 0 unspecified atom stereocenters. The topological polar surface area (TPSA) is 29.5 Å². The van der Waals surface area contributed by atoms with E-state index in [1.165, 1.54) is 0 Å². The van der Waals surface area contributed by atoms with Crippen molar-refractivity contribution in [2.45, 2.75) is 26.2 Å². The summed E-state index contributed by atoms with van der Waals surface area (Å²) in [4.78, 5) is 0. The first kappa shape index (κ1) is 12.8. The molecule has 88 valence electrons. The molecule has 1 aromatic carbocycles. The lowest BCUT2D eigenvalue weighted by molar-refractivity contribution is 0.299. The van der Waals surface area contributed by atoms with Crippen LogP contribution in [0.3, 0.4) is 0 Å². The number of aliphatic hydroxyl groups excluding tert-OH is 1. The summed E-state index contributed by atoms with van der Waals surface area (Å²) in [7, 11) is 1.68. The highest BCUT2D eigenvalue weighted by Gasteiger charge is 2.01. The minimum atomic E-state index is 0.185. The minimum absolute atomic E-state index is 0.185. The molecule has 2 heteroatoms. The van der Waals surface area contributed by atoms with Gasteiger partial charge in [-0.15, -0.1) is 0 Å². The van der Waals surface area contributed by atoms with Crippen LogP contribution in [0.15, 0.2) is 24.3 Å². The van der Waals surface area contributed by atoms with Crippen molar-refractivity contribution < 1.29 is 9.84 Å². The Balaban J connectivity index is 2.88. The van der Waals surface area contributed by atoms with Crippen molar-refractivity contribution in [3.05, 3.63) is 35.4 Å². The van der Waals surface area contributed by atoms with Crippen molar-refractivity contribution in [2.24, 2.45) is 0 Å². The summed E-state index contributed by atoms with van der Waals surface area (Å²) >= 11 is 0. The first-order valence-corrected chi connectivity index (χ1v) is 5.76. The maximum absolute atomic E-state index is 8.90. The van der Waals surface area contributed by atoms with E-state index in [1.54, 1.807) is 7.11 Å². The highest BCUT2D eigenvalue weighted by Crippen LogP contribution is 2.21.